The van der Waals surface area contributed by atoms with Crippen molar-refractivity contribution in [2.45, 2.75) is 0 Å². The molecule has 0 radical (unpaired) electrons. The molecule has 0 N–H and O–H groups in total. The van der Waals surface area contributed by atoms with Crippen LogP contribution in [0, 0.1) is 0 Å². The lowest BCUT2D eigenvalue weighted by atomic mass is 10.3. The summed E-state index contributed by atoms with van der Waals surface area (Å²) >= 11 is 17.4. The first-order valence-electron chi connectivity index (χ1n) is 3.19. The third-order valence-electron chi connectivity index (χ3n) is 1.57. The van der Waals surface area contributed by atoms with Crippen molar-refractivity contribution < 1.29 is 0 Å². The normalized spacial score (nSPS) is 10.9. The van der Waals surface area contributed by atoms with Crippen LogP contribution in [0.1, 0.15) is 0 Å². The molecule has 0 aliphatic heterocycles. The highest BCUT2D eigenvalue weighted by Crippen LogP contribution is 2.29. The van der Waals surface area contributed by atoms with Crippen LogP contribution in [0.3, 0.4) is 0 Å². The fourth-order valence-corrected chi connectivity index (χ4v) is 1.89. The summed E-state index contributed by atoms with van der Waals surface area (Å²) in [4.78, 5) is 0. The third-order valence-corrected chi connectivity index (χ3v) is 2.41. The summed E-state index contributed by atoms with van der Waals surface area (Å²) in [6.45, 7) is 0. The number of hydrogen-bond acceptors (Lipinski definition) is 1. The Morgan fingerprint density at radius 2 is 2.00 bits per heavy atom. The van der Waals surface area contributed by atoms with Crippen molar-refractivity contribution >= 4 is 45.9 Å². The molecule has 2 nitrogen and oxygen atoms in total. The first-order valence-corrected chi connectivity index (χ1v) is 4.28. The highest BCUT2D eigenvalue weighted by atomic mass is 35.5. The van der Waals surface area contributed by atoms with E-state index in [1.54, 1.807) is 18.2 Å². The lowest BCUT2D eigenvalue weighted by Gasteiger charge is -1.91. The Morgan fingerprint density at radius 1 is 1.25 bits per heavy atom. The fraction of sp³-hybridized carbons (Fsp3) is 0. The average molecular weight is 221 g/mol. The molecule has 1 heterocycles. The van der Waals surface area contributed by atoms with E-state index >= 15 is 0 Å². The zero-order chi connectivity index (χ0) is 8.72. The summed E-state index contributed by atoms with van der Waals surface area (Å²) in [5.74, 6) is 0. The SMILES string of the molecule is Clc1cccc2c1c(Cl)nn2Cl. The Labute approximate surface area is 83.7 Å². The number of benzene rings is 1. The first kappa shape index (κ1) is 8.17. The van der Waals surface area contributed by atoms with Crippen molar-refractivity contribution in [2.24, 2.45) is 0 Å². The number of fused-ring (bicyclic) bond motifs is 1. The van der Waals surface area contributed by atoms with E-state index in [2.05, 4.69) is 5.10 Å². The third kappa shape index (κ3) is 1.07. The molecular weight excluding hydrogens is 218 g/mol. The highest BCUT2D eigenvalue weighted by molar-refractivity contribution is 6.42. The molecule has 2 aromatic rings. The van der Waals surface area contributed by atoms with Gasteiger partial charge in [-0.15, -0.1) is 5.10 Å². The predicted molar refractivity (Wildman–Crippen MR) is 51.0 cm³/mol. The van der Waals surface area contributed by atoms with Crippen molar-refractivity contribution in [3.63, 3.8) is 0 Å². The number of aromatic nitrogens is 2. The van der Waals surface area contributed by atoms with Gasteiger partial charge in [0.05, 0.1) is 15.9 Å². The van der Waals surface area contributed by atoms with Gasteiger partial charge in [0.1, 0.15) is 0 Å². The van der Waals surface area contributed by atoms with Gasteiger partial charge in [-0.3, -0.25) is 0 Å². The van der Waals surface area contributed by atoms with Crippen molar-refractivity contribution in [3.8, 4) is 0 Å². The van der Waals surface area contributed by atoms with Gasteiger partial charge in [-0.25, -0.2) is 0 Å². The second-order valence-corrected chi connectivity index (χ2v) is 3.37. The standard InChI is InChI=1S/C7H3Cl3N2/c8-4-2-1-3-5-6(4)7(9)11-12(5)10/h1-3H. The molecule has 0 fully saturated rings. The Balaban J connectivity index is 2.99. The van der Waals surface area contributed by atoms with E-state index < -0.39 is 0 Å². The second kappa shape index (κ2) is 2.80. The van der Waals surface area contributed by atoms with Crippen LogP contribution in [0.15, 0.2) is 18.2 Å². The van der Waals surface area contributed by atoms with Gasteiger partial charge in [0.15, 0.2) is 5.15 Å². The molecule has 0 bridgehead atoms. The second-order valence-electron chi connectivity index (χ2n) is 2.28. The Bertz CT molecular complexity index is 435. The summed E-state index contributed by atoms with van der Waals surface area (Å²) in [6, 6.07) is 5.34. The van der Waals surface area contributed by atoms with Crippen LogP contribution in [-0.4, -0.2) is 9.30 Å². The molecule has 0 aliphatic carbocycles. The molecule has 2 rings (SSSR count). The van der Waals surface area contributed by atoms with Gasteiger partial charge < -0.3 is 0 Å². The summed E-state index contributed by atoms with van der Waals surface area (Å²) in [5.41, 5.74) is 0.717. The maximum absolute atomic E-state index is 5.88. The fourth-order valence-electron chi connectivity index (χ4n) is 1.05. The maximum Gasteiger partial charge on any atom is 0.161 e. The predicted octanol–water partition coefficient (Wildman–Crippen LogP) is 3.35. The minimum absolute atomic E-state index is 0.325. The molecule has 1 aromatic carbocycles. The van der Waals surface area contributed by atoms with Crippen LogP contribution in [0.4, 0.5) is 0 Å². The molecule has 0 amide bonds. The number of halogens is 3. The van der Waals surface area contributed by atoms with Crippen LogP contribution in [0.25, 0.3) is 10.9 Å². The van der Waals surface area contributed by atoms with Crippen LogP contribution in [0.5, 0.6) is 0 Å². The zero-order valence-corrected chi connectivity index (χ0v) is 8.03. The Kier molecular flexibility index (Phi) is 1.91. The molecule has 0 saturated heterocycles. The number of hydrogen-bond donors (Lipinski definition) is 0. The number of nitrogens with zero attached hydrogens (tertiary/aromatic N) is 2. The molecule has 62 valence electrons. The monoisotopic (exact) mass is 220 g/mol. The van der Waals surface area contributed by atoms with Gasteiger partial charge in [0.2, 0.25) is 0 Å². The Morgan fingerprint density at radius 3 is 2.67 bits per heavy atom. The van der Waals surface area contributed by atoms with Gasteiger partial charge in [0.25, 0.3) is 0 Å². The molecule has 0 saturated carbocycles. The molecular formula is C7H3Cl3N2. The number of rotatable bonds is 0. The summed E-state index contributed by atoms with van der Waals surface area (Å²) in [6.07, 6.45) is 0. The van der Waals surface area contributed by atoms with Crippen LogP contribution < -0.4 is 0 Å². The van der Waals surface area contributed by atoms with Crippen molar-refractivity contribution in [1.29, 1.82) is 0 Å². The lowest BCUT2D eigenvalue weighted by Crippen LogP contribution is -1.79. The van der Waals surface area contributed by atoms with Gasteiger partial charge in [-0.1, -0.05) is 29.3 Å². The van der Waals surface area contributed by atoms with E-state index in [9.17, 15) is 0 Å². The van der Waals surface area contributed by atoms with Crippen LogP contribution in [-0.2, 0) is 0 Å². The maximum atomic E-state index is 5.88. The van der Waals surface area contributed by atoms with E-state index in [0.717, 1.165) is 0 Å². The van der Waals surface area contributed by atoms with Crippen molar-refractivity contribution in [3.05, 3.63) is 28.4 Å². The van der Waals surface area contributed by atoms with E-state index in [1.165, 1.54) is 4.20 Å². The lowest BCUT2D eigenvalue weighted by molar-refractivity contribution is 1.02. The molecule has 1 aromatic heterocycles. The average Bonchev–Trinajstić information content (AvgIpc) is 2.29. The van der Waals surface area contributed by atoms with Gasteiger partial charge in [-0.05, 0) is 12.1 Å². The minimum Gasteiger partial charge on any atom is -0.171 e. The summed E-state index contributed by atoms with van der Waals surface area (Å²) in [5, 5.41) is 5.39. The van der Waals surface area contributed by atoms with E-state index in [0.29, 0.717) is 21.1 Å². The summed E-state index contributed by atoms with van der Waals surface area (Å²) in [7, 11) is 0. The molecule has 5 heteroatoms. The van der Waals surface area contributed by atoms with Crippen molar-refractivity contribution in [1.82, 2.24) is 9.30 Å². The first-order chi connectivity index (χ1) is 5.70. The molecule has 0 aliphatic rings. The largest absolute Gasteiger partial charge is 0.171 e. The van der Waals surface area contributed by atoms with Crippen LogP contribution >= 0.6 is 35.0 Å². The van der Waals surface area contributed by atoms with Gasteiger partial charge >= 0.3 is 0 Å². The summed E-state index contributed by atoms with van der Waals surface area (Å²) < 4.78 is 1.18. The topological polar surface area (TPSA) is 17.8 Å². The zero-order valence-electron chi connectivity index (χ0n) is 5.76. The molecule has 12 heavy (non-hydrogen) atoms. The quantitative estimate of drug-likeness (QED) is 0.667. The Hall–Kier alpha value is -0.440. The molecule has 0 unspecified atom stereocenters. The highest BCUT2D eigenvalue weighted by Gasteiger charge is 2.09. The van der Waals surface area contributed by atoms with Gasteiger partial charge in [0, 0.05) is 11.8 Å². The van der Waals surface area contributed by atoms with E-state index in [-0.39, 0.29) is 0 Å². The molecule has 0 spiro atoms. The smallest absolute Gasteiger partial charge is 0.161 e. The molecule has 0 atom stereocenters. The van der Waals surface area contributed by atoms with Crippen molar-refractivity contribution in [2.75, 3.05) is 0 Å². The van der Waals surface area contributed by atoms with Gasteiger partial charge in [-0.2, -0.15) is 4.20 Å². The minimum atomic E-state index is 0.325. The van der Waals surface area contributed by atoms with Crippen LogP contribution in [0.2, 0.25) is 10.2 Å². The van der Waals surface area contributed by atoms with E-state index in [4.69, 9.17) is 35.0 Å². The van der Waals surface area contributed by atoms with E-state index in [1.807, 2.05) is 0 Å².